The zero-order valence-corrected chi connectivity index (χ0v) is 8.30. The number of pyridine rings is 1. The summed E-state index contributed by atoms with van der Waals surface area (Å²) in [5.74, 6) is 0.760. The van der Waals surface area contributed by atoms with Crippen LogP contribution >= 0.6 is 0 Å². The Kier molecular flexibility index (Phi) is 2.32. The zero-order chi connectivity index (χ0) is 9.26. The lowest BCUT2D eigenvalue weighted by Gasteiger charge is -2.04. The van der Waals surface area contributed by atoms with E-state index < -0.39 is 0 Å². The first-order valence-corrected chi connectivity index (χ1v) is 4.91. The summed E-state index contributed by atoms with van der Waals surface area (Å²) in [5.41, 5.74) is 3.80. The van der Waals surface area contributed by atoms with Gasteiger partial charge in [-0.3, -0.25) is 4.98 Å². The van der Waals surface area contributed by atoms with Crippen LogP contribution in [0.4, 0.5) is 0 Å². The molecule has 1 N–H and O–H groups in total. The van der Waals surface area contributed by atoms with Gasteiger partial charge in [0, 0.05) is 18.2 Å². The van der Waals surface area contributed by atoms with E-state index in [1.807, 2.05) is 7.05 Å². The van der Waals surface area contributed by atoms with E-state index in [4.69, 9.17) is 0 Å². The van der Waals surface area contributed by atoms with Crippen molar-refractivity contribution < 1.29 is 0 Å². The third-order valence-electron chi connectivity index (χ3n) is 2.40. The average Bonchev–Trinajstić information content (AvgIpc) is 2.85. The molecule has 1 fully saturated rings. The van der Waals surface area contributed by atoms with Crippen LogP contribution in [0.3, 0.4) is 0 Å². The number of hydrogen-bond donors (Lipinski definition) is 1. The van der Waals surface area contributed by atoms with Crippen molar-refractivity contribution in [2.45, 2.75) is 32.2 Å². The Labute approximate surface area is 79.4 Å². The fraction of sp³-hybridized carbons (Fsp3) is 0.545. The zero-order valence-electron chi connectivity index (χ0n) is 8.30. The molecule has 0 aliphatic heterocycles. The minimum atomic E-state index is 0.760. The Balaban J connectivity index is 2.25. The minimum Gasteiger partial charge on any atom is -0.314 e. The number of aromatic nitrogens is 1. The molecule has 0 spiro atoms. The van der Waals surface area contributed by atoms with Crippen molar-refractivity contribution in [2.75, 3.05) is 7.05 Å². The lowest BCUT2D eigenvalue weighted by Crippen LogP contribution is -2.08. The Bertz CT molecular complexity index is 303. The van der Waals surface area contributed by atoms with Gasteiger partial charge in [-0.05, 0) is 44.5 Å². The number of nitrogens with one attached hydrogen (secondary N) is 1. The molecule has 70 valence electrons. The molecule has 1 aromatic heterocycles. The number of hydrogen-bond acceptors (Lipinski definition) is 2. The summed E-state index contributed by atoms with van der Waals surface area (Å²) in [6.45, 7) is 3.02. The molecule has 0 bridgehead atoms. The summed E-state index contributed by atoms with van der Waals surface area (Å²) in [6.07, 6.45) is 2.66. The normalized spacial score (nSPS) is 16.2. The van der Waals surface area contributed by atoms with Gasteiger partial charge in [0.05, 0.1) is 5.69 Å². The Morgan fingerprint density at radius 1 is 1.46 bits per heavy atom. The maximum absolute atomic E-state index is 4.62. The van der Waals surface area contributed by atoms with Crippen LogP contribution in [-0.2, 0) is 6.54 Å². The van der Waals surface area contributed by atoms with E-state index in [0.29, 0.717) is 0 Å². The van der Waals surface area contributed by atoms with E-state index in [0.717, 1.165) is 12.5 Å². The highest BCUT2D eigenvalue weighted by molar-refractivity contribution is 5.25. The molecule has 13 heavy (non-hydrogen) atoms. The lowest BCUT2D eigenvalue weighted by molar-refractivity contribution is 0.779. The quantitative estimate of drug-likeness (QED) is 0.761. The molecule has 2 heteroatoms. The average molecular weight is 176 g/mol. The predicted molar refractivity (Wildman–Crippen MR) is 53.7 cm³/mol. The molecule has 1 saturated carbocycles. The molecule has 1 aromatic rings. The Hall–Kier alpha value is -0.890. The van der Waals surface area contributed by atoms with Crippen molar-refractivity contribution in [3.05, 3.63) is 29.1 Å². The lowest BCUT2D eigenvalue weighted by atomic mass is 10.1. The molecule has 1 aliphatic carbocycles. The standard InChI is InChI=1S/C11H16N2/c1-8-5-10(7-12-2)13-11(6-8)9-3-4-9/h5-6,9,12H,3-4,7H2,1-2H3. The van der Waals surface area contributed by atoms with E-state index in [-0.39, 0.29) is 0 Å². The number of nitrogens with zero attached hydrogens (tertiary/aromatic N) is 1. The van der Waals surface area contributed by atoms with Crippen LogP contribution in [0.5, 0.6) is 0 Å². The van der Waals surface area contributed by atoms with Crippen LogP contribution in [0.25, 0.3) is 0 Å². The van der Waals surface area contributed by atoms with E-state index in [1.54, 1.807) is 0 Å². The molecule has 2 nitrogen and oxygen atoms in total. The molecule has 0 saturated heterocycles. The van der Waals surface area contributed by atoms with Crippen molar-refractivity contribution >= 4 is 0 Å². The molecule has 0 amide bonds. The second kappa shape index (κ2) is 3.46. The largest absolute Gasteiger partial charge is 0.314 e. The molecular weight excluding hydrogens is 160 g/mol. The first-order chi connectivity index (χ1) is 6.29. The maximum atomic E-state index is 4.62. The Morgan fingerprint density at radius 3 is 2.85 bits per heavy atom. The summed E-state index contributed by atoms with van der Waals surface area (Å²) in [5, 5.41) is 3.14. The summed E-state index contributed by atoms with van der Waals surface area (Å²) in [7, 11) is 1.96. The third-order valence-corrected chi connectivity index (χ3v) is 2.40. The SMILES string of the molecule is CNCc1cc(C)cc(C2CC2)n1. The van der Waals surface area contributed by atoms with Gasteiger partial charge in [-0.2, -0.15) is 0 Å². The van der Waals surface area contributed by atoms with Gasteiger partial charge in [-0.15, -0.1) is 0 Å². The van der Waals surface area contributed by atoms with Crippen molar-refractivity contribution in [1.82, 2.24) is 10.3 Å². The maximum Gasteiger partial charge on any atom is 0.0547 e. The van der Waals surface area contributed by atoms with Gasteiger partial charge in [0.15, 0.2) is 0 Å². The van der Waals surface area contributed by atoms with Crippen LogP contribution in [0, 0.1) is 6.92 Å². The fourth-order valence-electron chi connectivity index (χ4n) is 1.63. The molecule has 2 rings (SSSR count). The number of rotatable bonds is 3. The van der Waals surface area contributed by atoms with Gasteiger partial charge in [0.25, 0.3) is 0 Å². The summed E-state index contributed by atoms with van der Waals surface area (Å²) in [4.78, 5) is 4.62. The second-order valence-corrected chi connectivity index (χ2v) is 3.87. The van der Waals surface area contributed by atoms with E-state index in [9.17, 15) is 0 Å². The fourth-order valence-corrected chi connectivity index (χ4v) is 1.63. The van der Waals surface area contributed by atoms with Gasteiger partial charge in [0.1, 0.15) is 0 Å². The van der Waals surface area contributed by atoms with Gasteiger partial charge >= 0.3 is 0 Å². The second-order valence-electron chi connectivity index (χ2n) is 3.87. The first kappa shape index (κ1) is 8.70. The van der Waals surface area contributed by atoms with Gasteiger partial charge in [-0.25, -0.2) is 0 Å². The van der Waals surface area contributed by atoms with Crippen LogP contribution < -0.4 is 5.32 Å². The van der Waals surface area contributed by atoms with E-state index in [1.165, 1.54) is 29.8 Å². The Morgan fingerprint density at radius 2 is 2.23 bits per heavy atom. The highest BCUT2D eigenvalue weighted by Crippen LogP contribution is 2.39. The molecule has 1 aliphatic rings. The molecular formula is C11H16N2. The highest BCUT2D eigenvalue weighted by Gasteiger charge is 2.25. The van der Waals surface area contributed by atoms with Gasteiger partial charge < -0.3 is 5.32 Å². The van der Waals surface area contributed by atoms with Crippen LogP contribution in [-0.4, -0.2) is 12.0 Å². The molecule has 0 unspecified atom stereocenters. The predicted octanol–water partition coefficient (Wildman–Crippen LogP) is 1.99. The summed E-state index contributed by atoms with van der Waals surface area (Å²) in [6, 6.07) is 4.37. The van der Waals surface area contributed by atoms with Crippen molar-refractivity contribution in [3.8, 4) is 0 Å². The van der Waals surface area contributed by atoms with Crippen molar-refractivity contribution in [3.63, 3.8) is 0 Å². The van der Waals surface area contributed by atoms with Gasteiger partial charge in [0.2, 0.25) is 0 Å². The van der Waals surface area contributed by atoms with Gasteiger partial charge in [-0.1, -0.05) is 0 Å². The van der Waals surface area contributed by atoms with Crippen LogP contribution in [0.15, 0.2) is 12.1 Å². The monoisotopic (exact) mass is 176 g/mol. The van der Waals surface area contributed by atoms with Crippen LogP contribution in [0.1, 0.15) is 35.7 Å². The number of aryl methyl sites for hydroxylation is 1. The summed E-state index contributed by atoms with van der Waals surface area (Å²) >= 11 is 0. The third kappa shape index (κ3) is 2.07. The van der Waals surface area contributed by atoms with Crippen molar-refractivity contribution in [2.24, 2.45) is 0 Å². The smallest absolute Gasteiger partial charge is 0.0547 e. The minimum absolute atomic E-state index is 0.760. The topological polar surface area (TPSA) is 24.9 Å². The van der Waals surface area contributed by atoms with Crippen LogP contribution in [0.2, 0.25) is 0 Å². The summed E-state index contributed by atoms with van der Waals surface area (Å²) < 4.78 is 0. The van der Waals surface area contributed by atoms with E-state index in [2.05, 4.69) is 29.4 Å². The first-order valence-electron chi connectivity index (χ1n) is 4.91. The molecule has 0 atom stereocenters. The highest BCUT2D eigenvalue weighted by atomic mass is 14.9. The molecule has 0 aromatic carbocycles. The molecule has 0 radical (unpaired) electrons. The molecule has 1 heterocycles. The van der Waals surface area contributed by atoms with E-state index >= 15 is 0 Å². The van der Waals surface area contributed by atoms with Crippen molar-refractivity contribution in [1.29, 1.82) is 0 Å².